The molecule has 1 atom stereocenters. The number of carbonyl (C=O) groups is 1. The highest BCUT2D eigenvalue weighted by Gasteiger charge is 2.40. The van der Waals surface area contributed by atoms with Crippen LogP contribution in [-0.2, 0) is 11.2 Å². The van der Waals surface area contributed by atoms with Crippen molar-refractivity contribution in [2.75, 3.05) is 4.90 Å². The second kappa shape index (κ2) is 10.2. The number of amides is 1. The van der Waals surface area contributed by atoms with Crippen LogP contribution in [0.2, 0.25) is 0 Å². The first-order valence-electron chi connectivity index (χ1n) is 15.7. The maximum Gasteiger partial charge on any atom is 0.260 e. The Hall–Kier alpha value is -5.67. The number of para-hydroxylation sites is 4. The summed E-state index contributed by atoms with van der Waals surface area (Å²) in [5, 5.41) is 2.38. The predicted molar refractivity (Wildman–Crippen MR) is 184 cm³/mol. The minimum absolute atomic E-state index is 0.00239. The molecular weight excluding hydrogens is 548 g/mol. The fourth-order valence-corrected chi connectivity index (χ4v) is 7.66. The van der Waals surface area contributed by atoms with Crippen molar-refractivity contribution in [2.45, 2.75) is 18.8 Å². The third-order valence-corrected chi connectivity index (χ3v) is 9.58. The number of aromatic nitrogens is 1. The number of carbonyl (C=O) groups excluding carboxylic acids is 1. The van der Waals surface area contributed by atoms with Crippen molar-refractivity contribution in [3.8, 4) is 5.69 Å². The summed E-state index contributed by atoms with van der Waals surface area (Å²) in [6.07, 6.45) is 1.80. The van der Waals surface area contributed by atoms with Crippen LogP contribution < -0.4 is 4.90 Å². The highest BCUT2D eigenvalue weighted by atomic mass is 16.2. The Morgan fingerprint density at radius 3 is 2.09 bits per heavy atom. The molecule has 2 heterocycles. The minimum atomic E-state index is -0.00239. The van der Waals surface area contributed by atoms with Crippen molar-refractivity contribution in [1.82, 2.24) is 4.57 Å². The van der Waals surface area contributed by atoms with Crippen molar-refractivity contribution in [1.29, 1.82) is 0 Å². The number of anilines is 2. The van der Waals surface area contributed by atoms with E-state index in [1.165, 1.54) is 27.4 Å². The molecule has 1 aromatic heterocycles. The van der Waals surface area contributed by atoms with Gasteiger partial charge in [-0.15, -0.1) is 0 Å². The quantitative estimate of drug-likeness (QED) is 0.205. The summed E-state index contributed by atoms with van der Waals surface area (Å²) in [6.45, 7) is 0. The zero-order valence-electron chi connectivity index (χ0n) is 24.7. The van der Waals surface area contributed by atoms with E-state index in [4.69, 9.17) is 0 Å². The molecule has 3 nitrogen and oxygen atoms in total. The van der Waals surface area contributed by atoms with Crippen molar-refractivity contribution in [3.63, 3.8) is 0 Å². The second-order valence-corrected chi connectivity index (χ2v) is 12.0. The summed E-state index contributed by atoms with van der Waals surface area (Å²) < 4.78 is 2.34. The maximum atomic E-state index is 15.0. The molecule has 9 rings (SSSR count). The Labute approximate surface area is 262 Å². The number of fused-ring (bicyclic) bond motifs is 7. The van der Waals surface area contributed by atoms with Crippen LogP contribution in [0.25, 0.3) is 33.1 Å². The molecule has 1 unspecified atom stereocenters. The van der Waals surface area contributed by atoms with E-state index < -0.39 is 0 Å². The molecule has 1 aliphatic carbocycles. The number of benzene rings is 6. The Bertz CT molecular complexity index is 2300. The van der Waals surface area contributed by atoms with E-state index in [-0.39, 0.29) is 11.8 Å². The molecule has 0 N–H and O–H groups in total. The van der Waals surface area contributed by atoms with E-state index in [0.717, 1.165) is 57.7 Å². The van der Waals surface area contributed by atoms with Crippen LogP contribution in [-0.4, -0.2) is 10.5 Å². The van der Waals surface area contributed by atoms with E-state index in [2.05, 4.69) is 120 Å². The number of hydrogen-bond donors (Lipinski definition) is 0. The fourth-order valence-electron chi connectivity index (χ4n) is 7.66. The smallest absolute Gasteiger partial charge is 0.260 e. The third-order valence-electron chi connectivity index (χ3n) is 9.58. The van der Waals surface area contributed by atoms with Crippen LogP contribution in [0.15, 0.2) is 157 Å². The van der Waals surface area contributed by atoms with Crippen molar-refractivity contribution < 1.29 is 4.79 Å². The predicted octanol–water partition coefficient (Wildman–Crippen LogP) is 9.99. The Balaban J connectivity index is 1.36. The van der Waals surface area contributed by atoms with E-state index >= 15 is 0 Å². The zero-order valence-corrected chi connectivity index (χ0v) is 24.7. The molecule has 214 valence electrons. The van der Waals surface area contributed by atoms with E-state index in [1.807, 2.05) is 41.3 Å². The first kappa shape index (κ1) is 25.8. The highest BCUT2D eigenvalue weighted by molar-refractivity contribution is 6.20. The molecule has 0 spiro atoms. The van der Waals surface area contributed by atoms with Gasteiger partial charge in [0.25, 0.3) is 5.91 Å². The van der Waals surface area contributed by atoms with Crippen LogP contribution in [0.1, 0.15) is 34.6 Å². The van der Waals surface area contributed by atoms with Crippen LogP contribution in [0.3, 0.4) is 0 Å². The number of aryl methyl sites for hydroxylation is 1. The summed E-state index contributed by atoms with van der Waals surface area (Å²) in [4.78, 5) is 16.9. The van der Waals surface area contributed by atoms with Gasteiger partial charge in [0, 0.05) is 33.6 Å². The number of nitrogens with zero attached hydrogens (tertiary/aromatic N) is 2. The van der Waals surface area contributed by atoms with Crippen LogP contribution in [0.5, 0.6) is 0 Å². The molecule has 45 heavy (non-hydrogen) atoms. The molecule has 0 bridgehead atoms. The third kappa shape index (κ3) is 3.94. The first-order chi connectivity index (χ1) is 22.3. The van der Waals surface area contributed by atoms with Crippen molar-refractivity contribution >= 4 is 44.7 Å². The molecule has 0 saturated heterocycles. The summed E-state index contributed by atoms with van der Waals surface area (Å²) in [5.41, 5.74) is 12.0. The van der Waals surface area contributed by atoms with Crippen LogP contribution >= 0.6 is 0 Å². The maximum absolute atomic E-state index is 15.0. The highest BCUT2D eigenvalue weighted by Crippen LogP contribution is 2.50. The molecule has 1 amide bonds. The Morgan fingerprint density at radius 2 is 1.24 bits per heavy atom. The van der Waals surface area contributed by atoms with Crippen LogP contribution in [0, 0.1) is 0 Å². The summed E-state index contributed by atoms with van der Waals surface area (Å²) in [6, 6.07) is 53.2. The van der Waals surface area contributed by atoms with Gasteiger partial charge >= 0.3 is 0 Å². The van der Waals surface area contributed by atoms with Gasteiger partial charge in [0.2, 0.25) is 0 Å². The monoisotopic (exact) mass is 578 g/mol. The standard InChI is InChI=1S/C42H30N2O/c45-42-41-35(33-19-9-12-22-38(33)44(42)31-16-5-2-6-17-31)25-23-28-13-7-8-18-32(28)40(41)29-24-26-39-36(27-29)34-20-10-11-21-37(34)43(39)30-14-3-1-4-15-30/h1-22,24,26-27,35H,23,25H2. The lowest BCUT2D eigenvalue weighted by molar-refractivity contribution is -0.114. The molecule has 7 aromatic rings. The average molecular weight is 579 g/mol. The normalized spacial score (nSPS) is 16.0. The van der Waals surface area contributed by atoms with Gasteiger partial charge in [0.15, 0.2) is 0 Å². The molecule has 1 aliphatic heterocycles. The Morgan fingerprint density at radius 1 is 0.578 bits per heavy atom. The zero-order chi connectivity index (χ0) is 29.9. The van der Waals surface area contributed by atoms with Gasteiger partial charge in [-0.3, -0.25) is 9.69 Å². The van der Waals surface area contributed by atoms with Gasteiger partial charge in [-0.1, -0.05) is 103 Å². The van der Waals surface area contributed by atoms with Crippen molar-refractivity contribution in [3.05, 3.63) is 179 Å². The SMILES string of the molecule is O=C1C2=C(c3ccc4c(c3)c3ccccc3n4-c3ccccc3)c3ccccc3CCC2c2ccccc2N1c1ccccc1. The first-order valence-corrected chi connectivity index (χ1v) is 15.7. The average Bonchev–Trinajstić information content (AvgIpc) is 3.32. The Kier molecular flexibility index (Phi) is 5.85. The minimum Gasteiger partial charge on any atom is -0.309 e. The molecule has 6 aromatic carbocycles. The number of hydrogen-bond acceptors (Lipinski definition) is 1. The largest absolute Gasteiger partial charge is 0.309 e. The van der Waals surface area contributed by atoms with Gasteiger partial charge < -0.3 is 4.57 Å². The summed E-state index contributed by atoms with van der Waals surface area (Å²) in [7, 11) is 0. The van der Waals surface area contributed by atoms with Gasteiger partial charge in [0.1, 0.15) is 0 Å². The van der Waals surface area contributed by atoms with E-state index in [0.29, 0.717) is 0 Å². The van der Waals surface area contributed by atoms with E-state index in [1.54, 1.807) is 0 Å². The molecule has 0 fully saturated rings. The lowest BCUT2D eigenvalue weighted by Crippen LogP contribution is -2.35. The summed E-state index contributed by atoms with van der Waals surface area (Å²) >= 11 is 0. The van der Waals surface area contributed by atoms with Gasteiger partial charge in [-0.25, -0.2) is 0 Å². The van der Waals surface area contributed by atoms with Gasteiger partial charge in [-0.05, 0) is 89.2 Å². The molecular formula is C42H30N2O. The lowest BCUT2D eigenvalue weighted by atomic mass is 9.79. The van der Waals surface area contributed by atoms with Crippen molar-refractivity contribution in [2.24, 2.45) is 0 Å². The lowest BCUT2D eigenvalue weighted by Gasteiger charge is -2.36. The number of rotatable bonds is 3. The van der Waals surface area contributed by atoms with Gasteiger partial charge in [0.05, 0.1) is 16.7 Å². The molecule has 3 heteroatoms. The molecule has 0 radical (unpaired) electrons. The molecule has 2 aliphatic rings. The van der Waals surface area contributed by atoms with Gasteiger partial charge in [-0.2, -0.15) is 0 Å². The fraction of sp³-hybridized carbons (Fsp3) is 0.0714. The van der Waals surface area contributed by atoms with Crippen LogP contribution in [0.4, 0.5) is 11.4 Å². The summed E-state index contributed by atoms with van der Waals surface area (Å²) in [5.74, 6) is 0.0563. The van der Waals surface area contributed by atoms with E-state index in [9.17, 15) is 4.79 Å². The second-order valence-electron chi connectivity index (χ2n) is 12.0. The topological polar surface area (TPSA) is 25.2 Å². The molecule has 0 saturated carbocycles.